The lowest BCUT2D eigenvalue weighted by molar-refractivity contribution is 0.0948. The van der Waals surface area contributed by atoms with Gasteiger partial charge in [0, 0.05) is 24.2 Å². The van der Waals surface area contributed by atoms with E-state index in [1.165, 1.54) is 12.5 Å². The van der Waals surface area contributed by atoms with Crippen LogP contribution in [0, 0.1) is 0 Å². The number of nitrogens with one attached hydrogen (secondary N) is 2. The smallest absolute Gasteiger partial charge is 0.251 e. The molecule has 2 aromatic rings. The third-order valence-electron chi connectivity index (χ3n) is 3.38. The van der Waals surface area contributed by atoms with Crippen molar-refractivity contribution in [2.24, 2.45) is 0 Å². The van der Waals surface area contributed by atoms with Crippen molar-refractivity contribution in [2.75, 3.05) is 7.05 Å². The number of rotatable bonds is 6. The highest BCUT2D eigenvalue weighted by molar-refractivity contribution is 5.97. The van der Waals surface area contributed by atoms with Crippen molar-refractivity contribution in [2.45, 2.75) is 20.0 Å². The number of benzene rings is 2. The minimum atomic E-state index is -0.144. The van der Waals surface area contributed by atoms with Crippen molar-refractivity contribution in [3.8, 4) is 0 Å². The summed E-state index contributed by atoms with van der Waals surface area (Å²) >= 11 is 0. The Hall–Kier alpha value is -2.46. The summed E-state index contributed by atoms with van der Waals surface area (Å²) in [6.45, 7) is 2.78. The monoisotopic (exact) mass is 296 g/mol. The molecule has 0 saturated heterocycles. The number of amides is 1. The van der Waals surface area contributed by atoms with E-state index in [9.17, 15) is 9.59 Å². The van der Waals surface area contributed by atoms with E-state index in [2.05, 4.69) is 16.7 Å². The maximum absolute atomic E-state index is 12.1. The van der Waals surface area contributed by atoms with Gasteiger partial charge in [0.15, 0.2) is 5.78 Å². The van der Waals surface area contributed by atoms with Crippen LogP contribution in [0.3, 0.4) is 0 Å². The zero-order valence-corrected chi connectivity index (χ0v) is 12.8. The minimum absolute atomic E-state index is 0.00620. The maximum atomic E-state index is 12.1. The predicted molar refractivity (Wildman–Crippen MR) is 86.8 cm³/mol. The van der Waals surface area contributed by atoms with E-state index >= 15 is 0 Å². The van der Waals surface area contributed by atoms with Gasteiger partial charge in [0.1, 0.15) is 0 Å². The lowest BCUT2D eigenvalue weighted by Gasteiger charge is -2.08. The van der Waals surface area contributed by atoms with Crippen LogP contribution in [0.4, 0.5) is 0 Å². The first kappa shape index (κ1) is 15.9. The van der Waals surface area contributed by atoms with E-state index < -0.39 is 0 Å². The summed E-state index contributed by atoms with van der Waals surface area (Å²) in [5.41, 5.74) is 3.40. The molecule has 0 atom stereocenters. The van der Waals surface area contributed by atoms with Gasteiger partial charge in [-0.15, -0.1) is 0 Å². The average Bonchev–Trinajstić information content (AvgIpc) is 2.53. The molecule has 0 heterocycles. The van der Waals surface area contributed by atoms with Crippen LogP contribution in [0.1, 0.15) is 38.8 Å². The molecule has 0 spiro atoms. The zero-order valence-electron chi connectivity index (χ0n) is 12.8. The Balaban J connectivity index is 1.97. The lowest BCUT2D eigenvalue weighted by Crippen LogP contribution is -2.22. The Kier molecular flexibility index (Phi) is 5.44. The molecule has 4 nitrogen and oxygen atoms in total. The first-order chi connectivity index (χ1) is 10.6. The predicted octanol–water partition coefficient (Wildman–Crippen LogP) is 2.54. The fourth-order valence-corrected chi connectivity index (χ4v) is 2.19. The first-order valence-corrected chi connectivity index (χ1v) is 7.22. The molecule has 2 aromatic carbocycles. The summed E-state index contributed by atoms with van der Waals surface area (Å²) in [6.07, 6.45) is 0. The van der Waals surface area contributed by atoms with Crippen molar-refractivity contribution < 1.29 is 9.59 Å². The number of hydrogen-bond donors (Lipinski definition) is 2. The Morgan fingerprint density at radius 3 is 2.09 bits per heavy atom. The molecular formula is C18H20N2O2. The van der Waals surface area contributed by atoms with Crippen molar-refractivity contribution >= 4 is 11.7 Å². The second kappa shape index (κ2) is 7.52. The number of hydrogen-bond acceptors (Lipinski definition) is 3. The van der Waals surface area contributed by atoms with Crippen LogP contribution in [-0.4, -0.2) is 18.7 Å². The fraction of sp³-hybridized carbons (Fsp3) is 0.222. The molecule has 4 heteroatoms. The Morgan fingerprint density at radius 2 is 1.50 bits per heavy atom. The van der Waals surface area contributed by atoms with Gasteiger partial charge in [0.05, 0.1) is 0 Å². The van der Waals surface area contributed by atoms with Gasteiger partial charge in [-0.1, -0.05) is 36.4 Å². The second-order valence-corrected chi connectivity index (χ2v) is 5.17. The molecule has 0 aliphatic heterocycles. The molecule has 2 N–H and O–H groups in total. The summed E-state index contributed by atoms with van der Waals surface area (Å²) in [4.78, 5) is 23.3. The van der Waals surface area contributed by atoms with Crippen LogP contribution >= 0.6 is 0 Å². The highest BCUT2D eigenvalue weighted by atomic mass is 16.1. The van der Waals surface area contributed by atoms with Crippen LogP contribution in [0.15, 0.2) is 48.5 Å². The van der Waals surface area contributed by atoms with E-state index in [4.69, 9.17) is 0 Å². The SMILES string of the molecule is CNCc1cccc(CNC(=O)c2ccc(C(C)=O)cc2)c1. The Bertz CT molecular complexity index is 663. The minimum Gasteiger partial charge on any atom is -0.348 e. The van der Waals surface area contributed by atoms with Gasteiger partial charge in [0.25, 0.3) is 5.91 Å². The highest BCUT2D eigenvalue weighted by Crippen LogP contribution is 2.07. The number of ketones is 1. The van der Waals surface area contributed by atoms with Gasteiger partial charge in [-0.3, -0.25) is 9.59 Å². The maximum Gasteiger partial charge on any atom is 0.251 e. The molecule has 2 rings (SSSR count). The Labute approximate surface area is 130 Å². The molecule has 0 radical (unpaired) electrons. The van der Waals surface area contributed by atoms with E-state index in [1.807, 2.05) is 25.2 Å². The summed E-state index contributed by atoms with van der Waals surface area (Å²) < 4.78 is 0. The molecule has 0 fully saturated rings. The van der Waals surface area contributed by atoms with Gasteiger partial charge < -0.3 is 10.6 Å². The Morgan fingerprint density at radius 1 is 0.909 bits per heavy atom. The molecule has 22 heavy (non-hydrogen) atoms. The molecule has 0 bridgehead atoms. The standard InChI is InChI=1S/C18H20N2O2/c1-13(21)16-6-8-17(9-7-16)18(22)20-12-15-5-3-4-14(10-15)11-19-2/h3-10,19H,11-12H2,1-2H3,(H,20,22). The number of Topliss-reactive ketones (excluding diaryl/α,β-unsaturated/α-hetero) is 1. The number of carbonyl (C=O) groups excluding carboxylic acids is 2. The van der Waals surface area contributed by atoms with E-state index in [0.29, 0.717) is 17.7 Å². The molecule has 0 aliphatic carbocycles. The summed E-state index contributed by atoms with van der Waals surface area (Å²) in [7, 11) is 1.90. The van der Waals surface area contributed by atoms with E-state index in [-0.39, 0.29) is 11.7 Å². The molecule has 0 saturated carbocycles. The fourth-order valence-electron chi connectivity index (χ4n) is 2.19. The van der Waals surface area contributed by atoms with Gasteiger partial charge in [-0.25, -0.2) is 0 Å². The normalized spacial score (nSPS) is 10.3. The molecular weight excluding hydrogens is 276 g/mol. The van der Waals surface area contributed by atoms with Crippen molar-refractivity contribution in [1.29, 1.82) is 0 Å². The molecule has 0 aromatic heterocycles. The van der Waals surface area contributed by atoms with E-state index in [1.54, 1.807) is 24.3 Å². The van der Waals surface area contributed by atoms with Crippen LogP contribution in [-0.2, 0) is 13.1 Å². The van der Waals surface area contributed by atoms with Crippen molar-refractivity contribution in [3.05, 3.63) is 70.8 Å². The van der Waals surface area contributed by atoms with Gasteiger partial charge >= 0.3 is 0 Å². The number of carbonyl (C=O) groups is 2. The van der Waals surface area contributed by atoms with Crippen LogP contribution in [0.2, 0.25) is 0 Å². The van der Waals surface area contributed by atoms with Crippen LogP contribution < -0.4 is 10.6 Å². The summed E-state index contributed by atoms with van der Waals surface area (Å²) in [6, 6.07) is 14.8. The topological polar surface area (TPSA) is 58.2 Å². The van der Waals surface area contributed by atoms with Gasteiger partial charge in [0.2, 0.25) is 0 Å². The quantitative estimate of drug-likeness (QED) is 0.805. The summed E-state index contributed by atoms with van der Waals surface area (Å²) in [5.74, 6) is -0.151. The summed E-state index contributed by atoms with van der Waals surface area (Å²) in [5, 5.41) is 5.99. The first-order valence-electron chi connectivity index (χ1n) is 7.22. The highest BCUT2D eigenvalue weighted by Gasteiger charge is 2.06. The molecule has 1 amide bonds. The average molecular weight is 296 g/mol. The third-order valence-corrected chi connectivity index (χ3v) is 3.38. The largest absolute Gasteiger partial charge is 0.348 e. The third kappa shape index (κ3) is 4.27. The lowest BCUT2D eigenvalue weighted by atomic mass is 10.1. The molecule has 114 valence electrons. The van der Waals surface area contributed by atoms with Gasteiger partial charge in [-0.05, 0) is 37.2 Å². The molecule has 0 aliphatic rings. The van der Waals surface area contributed by atoms with Crippen LogP contribution in [0.5, 0.6) is 0 Å². The van der Waals surface area contributed by atoms with Crippen LogP contribution in [0.25, 0.3) is 0 Å². The molecule has 0 unspecified atom stereocenters. The van der Waals surface area contributed by atoms with Crippen molar-refractivity contribution in [3.63, 3.8) is 0 Å². The second-order valence-electron chi connectivity index (χ2n) is 5.17. The zero-order chi connectivity index (χ0) is 15.9. The van der Waals surface area contributed by atoms with Crippen molar-refractivity contribution in [1.82, 2.24) is 10.6 Å². The van der Waals surface area contributed by atoms with Gasteiger partial charge in [-0.2, -0.15) is 0 Å². The van der Waals surface area contributed by atoms with E-state index in [0.717, 1.165) is 12.1 Å².